The molecule has 1 aromatic heterocycles. The molecule has 1 heterocycles. The summed E-state index contributed by atoms with van der Waals surface area (Å²) in [5, 5.41) is 5.88. The molecule has 1 amide bonds. The first-order valence-electron chi connectivity index (χ1n) is 5.78. The lowest BCUT2D eigenvalue weighted by atomic mass is 10.3. The molecule has 0 bridgehead atoms. The van der Waals surface area contributed by atoms with E-state index in [0.717, 1.165) is 6.42 Å². The number of halogens is 1. The number of hydrogen-bond donors (Lipinski definition) is 2. The Labute approximate surface area is 112 Å². The maximum Gasteiger partial charge on any atom is 0.239 e. The van der Waals surface area contributed by atoms with E-state index in [1.165, 1.54) is 6.20 Å². The number of rotatable bonds is 6. The van der Waals surface area contributed by atoms with Crippen LogP contribution in [0.1, 0.15) is 13.3 Å². The number of carbonyl (C=O) groups excluding carboxylic acids is 1. The van der Waals surface area contributed by atoms with E-state index in [0.29, 0.717) is 23.3 Å². The molecule has 0 atom stereocenters. The molecule has 0 aliphatic rings. The van der Waals surface area contributed by atoms with Gasteiger partial charge in [0.25, 0.3) is 0 Å². The van der Waals surface area contributed by atoms with Crippen LogP contribution < -0.4 is 15.5 Å². The zero-order chi connectivity index (χ0) is 13.5. The Kier molecular flexibility index (Phi) is 5.64. The molecular formula is C11H18ClN5O. The Morgan fingerprint density at radius 1 is 1.50 bits per heavy atom. The van der Waals surface area contributed by atoms with Gasteiger partial charge >= 0.3 is 0 Å². The van der Waals surface area contributed by atoms with Crippen LogP contribution in [0.5, 0.6) is 0 Å². The molecule has 2 N–H and O–H groups in total. The van der Waals surface area contributed by atoms with Gasteiger partial charge in [-0.15, -0.1) is 0 Å². The van der Waals surface area contributed by atoms with Gasteiger partial charge in [0.05, 0.1) is 12.7 Å². The van der Waals surface area contributed by atoms with Crippen LogP contribution >= 0.6 is 11.6 Å². The summed E-state index contributed by atoms with van der Waals surface area (Å²) in [5.41, 5.74) is 0. The van der Waals surface area contributed by atoms with Crippen molar-refractivity contribution in [2.24, 2.45) is 0 Å². The highest BCUT2D eigenvalue weighted by Crippen LogP contribution is 2.23. The molecule has 6 nitrogen and oxygen atoms in total. The fourth-order valence-electron chi connectivity index (χ4n) is 1.48. The predicted octanol–water partition coefficient (Wildman–Crippen LogP) is 1.13. The lowest BCUT2D eigenvalue weighted by molar-refractivity contribution is -0.119. The Morgan fingerprint density at radius 3 is 2.78 bits per heavy atom. The molecule has 0 radical (unpaired) electrons. The smallest absolute Gasteiger partial charge is 0.239 e. The Bertz CT molecular complexity index is 412. The van der Waals surface area contributed by atoms with Crippen molar-refractivity contribution in [1.29, 1.82) is 0 Å². The topological polar surface area (TPSA) is 70.2 Å². The van der Waals surface area contributed by atoms with Crippen LogP contribution in [-0.4, -0.2) is 43.1 Å². The summed E-state index contributed by atoms with van der Waals surface area (Å²) in [7, 11) is 3.34. The monoisotopic (exact) mass is 271 g/mol. The Balaban J connectivity index is 2.99. The average molecular weight is 272 g/mol. The first kappa shape index (κ1) is 14.5. The summed E-state index contributed by atoms with van der Waals surface area (Å²) in [6.07, 6.45) is 2.43. The quantitative estimate of drug-likeness (QED) is 0.812. The second kappa shape index (κ2) is 7.00. The van der Waals surface area contributed by atoms with Crippen molar-refractivity contribution >= 4 is 29.3 Å². The summed E-state index contributed by atoms with van der Waals surface area (Å²) in [6, 6.07) is 0. The highest BCUT2D eigenvalue weighted by Gasteiger charge is 2.15. The minimum Gasteiger partial charge on any atom is -0.358 e. The zero-order valence-corrected chi connectivity index (χ0v) is 11.6. The minimum absolute atomic E-state index is 0.0795. The highest BCUT2D eigenvalue weighted by molar-refractivity contribution is 6.32. The number of nitrogens with one attached hydrogen (secondary N) is 2. The van der Waals surface area contributed by atoms with E-state index in [1.54, 1.807) is 14.1 Å². The first-order chi connectivity index (χ1) is 8.62. The fraction of sp³-hybridized carbons (Fsp3) is 0.545. The molecule has 1 aromatic rings. The molecular weight excluding hydrogens is 254 g/mol. The van der Waals surface area contributed by atoms with E-state index < -0.39 is 0 Å². The van der Waals surface area contributed by atoms with Gasteiger partial charge in [-0.25, -0.2) is 4.98 Å². The maximum atomic E-state index is 11.5. The van der Waals surface area contributed by atoms with Gasteiger partial charge in [-0.05, 0) is 6.42 Å². The van der Waals surface area contributed by atoms with Gasteiger partial charge in [0, 0.05) is 20.6 Å². The minimum atomic E-state index is -0.0795. The predicted molar refractivity (Wildman–Crippen MR) is 73.2 cm³/mol. The molecule has 0 aliphatic heterocycles. The van der Waals surface area contributed by atoms with Crippen LogP contribution in [0.25, 0.3) is 0 Å². The van der Waals surface area contributed by atoms with E-state index in [-0.39, 0.29) is 12.5 Å². The van der Waals surface area contributed by atoms with Crippen LogP contribution in [0.2, 0.25) is 5.02 Å². The summed E-state index contributed by atoms with van der Waals surface area (Å²) < 4.78 is 0. The molecule has 0 spiro atoms. The SMILES string of the molecule is CCCN(CC(=O)NC)c1nc(NC)ncc1Cl. The van der Waals surface area contributed by atoms with Crippen molar-refractivity contribution < 1.29 is 4.79 Å². The van der Waals surface area contributed by atoms with Crippen molar-refractivity contribution in [2.45, 2.75) is 13.3 Å². The van der Waals surface area contributed by atoms with E-state index in [2.05, 4.69) is 20.6 Å². The normalized spacial score (nSPS) is 10.0. The summed E-state index contributed by atoms with van der Waals surface area (Å²) >= 11 is 6.08. The van der Waals surface area contributed by atoms with Crippen LogP contribution in [0.4, 0.5) is 11.8 Å². The average Bonchev–Trinajstić information content (AvgIpc) is 2.38. The van der Waals surface area contributed by atoms with Gasteiger partial charge in [0.1, 0.15) is 5.02 Å². The Morgan fingerprint density at radius 2 is 2.22 bits per heavy atom. The molecule has 1 rings (SSSR count). The number of carbonyl (C=O) groups is 1. The van der Waals surface area contributed by atoms with E-state index in [9.17, 15) is 4.79 Å². The second-order valence-electron chi connectivity index (χ2n) is 3.71. The largest absolute Gasteiger partial charge is 0.358 e. The molecule has 0 saturated heterocycles. The third-order valence-electron chi connectivity index (χ3n) is 2.36. The number of amides is 1. The van der Waals surface area contributed by atoms with Crippen molar-refractivity contribution in [3.05, 3.63) is 11.2 Å². The molecule has 7 heteroatoms. The van der Waals surface area contributed by atoms with E-state index >= 15 is 0 Å². The fourth-order valence-corrected chi connectivity index (χ4v) is 1.69. The zero-order valence-electron chi connectivity index (χ0n) is 10.8. The molecule has 0 aromatic carbocycles. The maximum absolute atomic E-state index is 11.5. The van der Waals surface area contributed by atoms with E-state index in [1.807, 2.05) is 11.8 Å². The highest BCUT2D eigenvalue weighted by atomic mass is 35.5. The third-order valence-corrected chi connectivity index (χ3v) is 2.62. The molecule has 0 unspecified atom stereocenters. The number of nitrogens with zero attached hydrogens (tertiary/aromatic N) is 3. The standard InChI is InChI=1S/C11H18ClN5O/c1-4-5-17(7-9(18)13-2)10-8(12)6-15-11(14-3)16-10/h6H,4-5,7H2,1-3H3,(H,13,18)(H,14,15,16). The lowest BCUT2D eigenvalue weighted by Gasteiger charge is -2.23. The van der Waals surface area contributed by atoms with Crippen LogP contribution in [0, 0.1) is 0 Å². The molecule has 18 heavy (non-hydrogen) atoms. The molecule has 100 valence electrons. The molecule has 0 fully saturated rings. The van der Waals surface area contributed by atoms with Gasteiger partial charge in [0.2, 0.25) is 11.9 Å². The lowest BCUT2D eigenvalue weighted by Crippen LogP contribution is -2.36. The Hall–Kier alpha value is -1.56. The summed E-state index contributed by atoms with van der Waals surface area (Å²) in [4.78, 5) is 21.6. The third kappa shape index (κ3) is 3.73. The van der Waals surface area contributed by atoms with Gasteiger partial charge in [-0.1, -0.05) is 18.5 Å². The van der Waals surface area contributed by atoms with Crippen LogP contribution in [-0.2, 0) is 4.79 Å². The summed E-state index contributed by atoms with van der Waals surface area (Å²) in [6.45, 7) is 2.96. The second-order valence-corrected chi connectivity index (χ2v) is 4.12. The molecule has 0 aliphatic carbocycles. The van der Waals surface area contributed by atoms with Crippen LogP contribution in [0.15, 0.2) is 6.20 Å². The summed E-state index contributed by atoms with van der Waals surface area (Å²) in [5.74, 6) is 0.970. The number of anilines is 2. The van der Waals surface area contributed by atoms with Crippen molar-refractivity contribution in [2.75, 3.05) is 37.4 Å². The number of aromatic nitrogens is 2. The van der Waals surface area contributed by atoms with Crippen molar-refractivity contribution in [3.63, 3.8) is 0 Å². The van der Waals surface area contributed by atoms with E-state index in [4.69, 9.17) is 11.6 Å². The van der Waals surface area contributed by atoms with Gasteiger partial charge < -0.3 is 15.5 Å². The number of hydrogen-bond acceptors (Lipinski definition) is 5. The van der Waals surface area contributed by atoms with Gasteiger partial charge in [-0.3, -0.25) is 4.79 Å². The van der Waals surface area contributed by atoms with Gasteiger partial charge in [0.15, 0.2) is 5.82 Å². The molecule has 0 saturated carbocycles. The first-order valence-corrected chi connectivity index (χ1v) is 6.16. The van der Waals surface area contributed by atoms with Gasteiger partial charge in [-0.2, -0.15) is 4.98 Å². The van der Waals surface area contributed by atoms with Crippen LogP contribution in [0.3, 0.4) is 0 Å². The number of likely N-dealkylation sites (N-methyl/N-ethyl adjacent to an activating group) is 1. The van der Waals surface area contributed by atoms with Crippen molar-refractivity contribution in [3.8, 4) is 0 Å². The van der Waals surface area contributed by atoms with Crippen molar-refractivity contribution in [1.82, 2.24) is 15.3 Å².